The number of allylic oxidation sites excluding steroid dienone is 2. The summed E-state index contributed by atoms with van der Waals surface area (Å²) in [6.07, 6.45) is 2.44. The van der Waals surface area contributed by atoms with Crippen molar-refractivity contribution in [1.82, 2.24) is 5.32 Å². The first-order valence-electron chi connectivity index (χ1n) is 16.4. The van der Waals surface area contributed by atoms with Gasteiger partial charge in [0.15, 0.2) is 5.54 Å². The molecule has 3 aliphatic heterocycles. The van der Waals surface area contributed by atoms with Gasteiger partial charge in [-0.25, -0.2) is 0 Å². The van der Waals surface area contributed by atoms with Gasteiger partial charge in [0, 0.05) is 36.1 Å². The first-order valence-corrected chi connectivity index (χ1v) is 16.4. The van der Waals surface area contributed by atoms with Gasteiger partial charge in [-0.3, -0.25) is 9.79 Å². The topological polar surface area (TPSA) is 102 Å². The zero-order chi connectivity index (χ0) is 33.2. The van der Waals surface area contributed by atoms with E-state index < -0.39 is 22.5 Å². The fourth-order valence-electron chi connectivity index (χ4n) is 6.66. The van der Waals surface area contributed by atoms with Gasteiger partial charge in [-0.1, -0.05) is 67.6 Å². The highest BCUT2D eigenvalue weighted by Crippen LogP contribution is 2.51. The molecular weight excluding hydrogens is 578 g/mol. The Hall–Kier alpha value is -3.35. The summed E-state index contributed by atoms with van der Waals surface area (Å²) in [6.45, 7) is 15.1. The van der Waals surface area contributed by atoms with E-state index >= 15 is 0 Å². The van der Waals surface area contributed by atoms with E-state index in [0.717, 1.165) is 22.5 Å². The van der Waals surface area contributed by atoms with Crippen LogP contribution in [0.15, 0.2) is 77.4 Å². The second-order valence-corrected chi connectivity index (χ2v) is 14.8. The van der Waals surface area contributed by atoms with Crippen LogP contribution in [-0.2, 0) is 37.0 Å². The van der Waals surface area contributed by atoms with E-state index in [1.165, 1.54) is 0 Å². The molecule has 46 heavy (non-hydrogen) atoms. The first kappa shape index (κ1) is 34.0. The van der Waals surface area contributed by atoms with Crippen LogP contribution in [0.25, 0.3) is 0 Å². The number of aliphatic imine (C=N–C) groups is 1. The minimum Gasteiger partial charge on any atom is -0.375 e. The molecule has 7 atom stereocenters. The lowest BCUT2D eigenvalue weighted by molar-refractivity contribution is -0.230. The summed E-state index contributed by atoms with van der Waals surface area (Å²) in [6, 6.07) is 22.7. The summed E-state index contributed by atoms with van der Waals surface area (Å²) >= 11 is 0. The molecular formula is C38H49N3O5. The minimum absolute atomic E-state index is 0.0623. The van der Waals surface area contributed by atoms with Gasteiger partial charge in [-0.2, -0.15) is 5.26 Å². The fourth-order valence-corrected chi connectivity index (χ4v) is 6.66. The number of carbonyl (C=O) groups is 1. The third-order valence-corrected chi connectivity index (χ3v) is 9.74. The van der Waals surface area contributed by atoms with Crippen LogP contribution >= 0.6 is 0 Å². The van der Waals surface area contributed by atoms with E-state index in [2.05, 4.69) is 30.4 Å². The molecule has 5 rings (SSSR count). The van der Waals surface area contributed by atoms with Crippen molar-refractivity contribution in [3.63, 3.8) is 0 Å². The van der Waals surface area contributed by atoms with Crippen LogP contribution in [0, 0.1) is 22.2 Å². The number of rotatable bonds is 10. The van der Waals surface area contributed by atoms with Crippen molar-refractivity contribution >= 4 is 11.6 Å². The molecule has 0 aromatic heterocycles. The van der Waals surface area contributed by atoms with E-state index in [0.29, 0.717) is 39.1 Å². The molecule has 0 aliphatic carbocycles. The van der Waals surface area contributed by atoms with Gasteiger partial charge in [-0.05, 0) is 58.7 Å². The van der Waals surface area contributed by atoms with Crippen LogP contribution in [0.5, 0.6) is 0 Å². The van der Waals surface area contributed by atoms with E-state index in [-0.39, 0.29) is 29.8 Å². The lowest BCUT2D eigenvalue weighted by atomic mass is 9.65. The monoisotopic (exact) mass is 627 g/mol. The standard InChI is InChI=1S/C38H49N3O5/c1-26-31(43-22-27-14-10-8-11-15-27)19-32(44-23-28-16-12-9-13-17-28)33(46-26)37(6)21-30(41-38(37,7)24-39)18-29-20-36(5,34(42)40-29)25-45-35(2,3)4/h8-18,26,31-33H,19-23,25H2,1-7H3,(H,40,42)/b29-18-/t26-,31-,32-,33-,36?,37-,38?/m1/s1. The van der Waals surface area contributed by atoms with Gasteiger partial charge in [0.25, 0.3) is 0 Å². The van der Waals surface area contributed by atoms with Gasteiger partial charge < -0.3 is 24.3 Å². The van der Waals surface area contributed by atoms with Gasteiger partial charge in [0.2, 0.25) is 5.91 Å². The Labute approximate surface area is 274 Å². The SMILES string of the molecule is C[C@H]1O[C@@H]([C@@]2(C)CC(/C=C3/CC(C)(COC(C)(C)C)C(=O)N3)=NC2(C)C#N)[C@H](OCc2ccccc2)C[C@H]1OCc1ccccc1. The summed E-state index contributed by atoms with van der Waals surface area (Å²) in [5.74, 6) is -0.0623. The molecule has 0 spiro atoms. The summed E-state index contributed by atoms with van der Waals surface area (Å²) in [5.41, 5.74) is 0.937. The molecule has 8 heteroatoms. The van der Waals surface area contributed by atoms with Gasteiger partial charge in [-0.15, -0.1) is 0 Å². The molecule has 0 bridgehead atoms. The highest BCUT2D eigenvalue weighted by Gasteiger charge is 2.59. The molecule has 0 saturated carbocycles. The molecule has 2 aromatic rings. The maximum atomic E-state index is 13.0. The largest absolute Gasteiger partial charge is 0.375 e. The van der Waals surface area contributed by atoms with Crippen molar-refractivity contribution in [2.45, 2.75) is 116 Å². The molecule has 0 radical (unpaired) electrons. The van der Waals surface area contributed by atoms with Crippen molar-refractivity contribution in [1.29, 1.82) is 5.26 Å². The number of nitrogens with zero attached hydrogens (tertiary/aromatic N) is 2. The molecule has 2 saturated heterocycles. The van der Waals surface area contributed by atoms with Crippen LogP contribution in [0.1, 0.15) is 78.9 Å². The quantitative estimate of drug-likeness (QED) is 0.315. The van der Waals surface area contributed by atoms with E-state index in [1.54, 1.807) is 0 Å². The van der Waals surface area contributed by atoms with E-state index in [4.69, 9.17) is 23.9 Å². The lowest BCUT2D eigenvalue weighted by Crippen LogP contribution is -2.59. The first-order chi connectivity index (χ1) is 21.7. The molecule has 246 valence electrons. The predicted octanol–water partition coefficient (Wildman–Crippen LogP) is 6.69. The van der Waals surface area contributed by atoms with Crippen LogP contribution < -0.4 is 5.32 Å². The van der Waals surface area contributed by atoms with Crippen molar-refractivity contribution in [2.75, 3.05) is 6.61 Å². The molecule has 1 N–H and O–H groups in total. The minimum atomic E-state index is -1.07. The Morgan fingerprint density at radius 2 is 1.57 bits per heavy atom. The molecule has 3 heterocycles. The number of nitrogens with one attached hydrogen (secondary N) is 1. The smallest absolute Gasteiger partial charge is 0.232 e. The molecule has 2 aromatic carbocycles. The van der Waals surface area contributed by atoms with Crippen molar-refractivity contribution < 1.29 is 23.7 Å². The third-order valence-electron chi connectivity index (χ3n) is 9.74. The Kier molecular flexibility index (Phi) is 9.91. The number of carbonyl (C=O) groups excluding carboxylic acids is 1. The molecule has 3 aliphatic rings. The molecule has 1 amide bonds. The number of hydrogen-bond donors (Lipinski definition) is 1. The molecule has 8 nitrogen and oxygen atoms in total. The second-order valence-electron chi connectivity index (χ2n) is 14.8. The Morgan fingerprint density at radius 3 is 2.13 bits per heavy atom. The molecule has 2 fully saturated rings. The van der Waals surface area contributed by atoms with Crippen LogP contribution in [-0.4, -0.2) is 53.8 Å². The zero-order valence-corrected chi connectivity index (χ0v) is 28.3. The van der Waals surface area contributed by atoms with Gasteiger partial charge >= 0.3 is 0 Å². The van der Waals surface area contributed by atoms with Crippen molar-refractivity contribution in [2.24, 2.45) is 15.8 Å². The highest BCUT2D eigenvalue weighted by molar-refractivity contribution is 6.00. The normalized spacial score (nSPS) is 33.9. The number of benzene rings is 2. The van der Waals surface area contributed by atoms with Crippen molar-refractivity contribution in [3.05, 3.63) is 83.6 Å². The Balaban J connectivity index is 1.37. The second kappa shape index (κ2) is 13.4. The Morgan fingerprint density at radius 1 is 0.978 bits per heavy atom. The maximum absolute atomic E-state index is 13.0. The van der Waals surface area contributed by atoms with Gasteiger partial charge in [0.1, 0.15) is 0 Å². The summed E-state index contributed by atoms with van der Waals surface area (Å²) in [5, 5.41) is 13.6. The van der Waals surface area contributed by atoms with Crippen LogP contribution in [0.3, 0.4) is 0 Å². The molecule has 2 unspecified atom stereocenters. The lowest BCUT2D eigenvalue weighted by Gasteiger charge is -2.49. The average molecular weight is 628 g/mol. The number of hydrogen-bond acceptors (Lipinski definition) is 7. The fraction of sp³-hybridized carbons (Fsp3) is 0.553. The number of amides is 1. The van der Waals surface area contributed by atoms with Crippen molar-refractivity contribution in [3.8, 4) is 6.07 Å². The number of nitriles is 1. The number of ether oxygens (including phenoxy) is 4. The average Bonchev–Trinajstić information content (AvgIpc) is 3.45. The van der Waals surface area contributed by atoms with E-state index in [1.807, 2.05) is 96.1 Å². The maximum Gasteiger partial charge on any atom is 0.232 e. The van der Waals surface area contributed by atoms with E-state index in [9.17, 15) is 10.1 Å². The summed E-state index contributed by atoms with van der Waals surface area (Å²) in [7, 11) is 0. The zero-order valence-electron chi connectivity index (χ0n) is 28.3. The van der Waals surface area contributed by atoms with Gasteiger partial charge in [0.05, 0.1) is 61.3 Å². The van der Waals surface area contributed by atoms with Crippen LogP contribution in [0.4, 0.5) is 0 Å². The summed E-state index contributed by atoms with van der Waals surface area (Å²) in [4.78, 5) is 18.0. The summed E-state index contributed by atoms with van der Waals surface area (Å²) < 4.78 is 25.9. The predicted molar refractivity (Wildman–Crippen MR) is 178 cm³/mol. The third kappa shape index (κ3) is 7.44. The highest BCUT2D eigenvalue weighted by atomic mass is 16.6. The Bertz CT molecular complexity index is 1480. The van der Waals surface area contributed by atoms with Crippen LogP contribution in [0.2, 0.25) is 0 Å².